The number of nitrogens with one attached hydrogen (secondary N) is 2. The van der Waals surface area contributed by atoms with E-state index >= 15 is 0 Å². The summed E-state index contributed by atoms with van der Waals surface area (Å²) in [5.41, 5.74) is 3.57. The number of hydrogen-bond acceptors (Lipinski definition) is 4. The van der Waals surface area contributed by atoms with E-state index in [0.29, 0.717) is 18.0 Å². The molecule has 0 bridgehead atoms. The highest BCUT2D eigenvalue weighted by Crippen LogP contribution is 2.34. The summed E-state index contributed by atoms with van der Waals surface area (Å²) in [6.07, 6.45) is 0. The van der Waals surface area contributed by atoms with Crippen molar-refractivity contribution in [3.63, 3.8) is 0 Å². The Labute approximate surface area is 179 Å². The summed E-state index contributed by atoms with van der Waals surface area (Å²) >= 11 is 11.8. The smallest absolute Gasteiger partial charge is 0.262 e. The first-order valence-electron chi connectivity index (χ1n) is 8.91. The maximum Gasteiger partial charge on any atom is 0.262 e. The number of carbonyl (C=O) groups excluding carboxylic acids is 1. The molecule has 0 heterocycles. The predicted octanol–water partition coefficient (Wildman–Crippen LogP) is 5.64. The van der Waals surface area contributed by atoms with Gasteiger partial charge in [0.05, 0.1) is 10.0 Å². The van der Waals surface area contributed by atoms with Crippen molar-refractivity contribution in [2.75, 3.05) is 17.2 Å². The first-order valence-corrected chi connectivity index (χ1v) is 9.66. The van der Waals surface area contributed by atoms with E-state index in [9.17, 15) is 9.90 Å². The Kier molecular flexibility index (Phi) is 6.86. The Morgan fingerprint density at radius 2 is 1.59 bits per heavy atom. The van der Waals surface area contributed by atoms with Crippen LogP contribution in [0.5, 0.6) is 11.5 Å². The monoisotopic (exact) mass is 430 g/mol. The van der Waals surface area contributed by atoms with Crippen LogP contribution in [0.15, 0.2) is 60.7 Å². The highest BCUT2D eigenvalue weighted by atomic mass is 35.5. The number of amides is 1. The predicted molar refractivity (Wildman–Crippen MR) is 117 cm³/mol. The van der Waals surface area contributed by atoms with Gasteiger partial charge >= 0.3 is 0 Å². The number of anilines is 2. The lowest BCUT2D eigenvalue weighted by Gasteiger charge is -2.10. The molecule has 0 spiro atoms. The molecule has 7 heteroatoms. The summed E-state index contributed by atoms with van der Waals surface area (Å²) in [6, 6.07) is 18.2. The third-order valence-corrected chi connectivity index (χ3v) is 4.72. The lowest BCUT2D eigenvalue weighted by atomic mass is 10.2. The molecular weight excluding hydrogens is 411 g/mol. The van der Waals surface area contributed by atoms with Crippen molar-refractivity contribution in [2.45, 2.75) is 13.5 Å². The number of phenolic OH excluding ortho intramolecular Hbond substituents is 1. The Bertz CT molecular complexity index is 967. The molecule has 0 saturated heterocycles. The SMILES string of the molecule is Cc1ccc(NC(=O)COc2ccc(CNc3cc(Cl)c(O)c(Cl)c3)cc2)cc1. The second kappa shape index (κ2) is 9.54. The van der Waals surface area contributed by atoms with Crippen LogP contribution in [0.4, 0.5) is 11.4 Å². The molecule has 0 aliphatic carbocycles. The first kappa shape index (κ1) is 20.8. The average Bonchev–Trinajstić information content (AvgIpc) is 2.71. The number of aryl methyl sites for hydroxylation is 1. The third kappa shape index (κ3) is 6.04. The molecule has 3 rings (SSSR count). The first-order chi connectivity index (χ1) is 13.9. The summed E-state index contributed by atoms with van der Waals surface area (Å²) < 4.78 is 5.53. The molecule has 0 atom stereocenters. The van der Waals surface area contributed by atoms with Gasteiger partial charge in [0.2, 0.25) is 0 Å². The van der Waals surface area contributed by atoms with Gasteiger partial charge < -0.3 is 20.5 Å². The van der Waals surface area contributed by atoms with Crippen LogP contribution < -0.4 is 15.4 Å². The molecular formula is C22H20Cl2N2O3. The molecule has 0 aliphatic rings. The molecule has 150 valence electrons. The van der Waals surface area contributed by atoms with Crippen LogP contribution in [0.25, 0.3) is 0 Å². The Balaban J connectivity index is 1.48. The highest BCUT2D eigenvalue weighted by molar-refractivity contribution is 6.37. The van der Waals surface area contributed by atoms with Crippen molar-refractivity contribution in [1.82, 2.24) is 0 Å². The van der Waals surface area contributed by atoms with Gasteiger partial charge in [0.1, 0.15) is 5.75 Å². The van der Waals surface area contributed by atoms with Gasteiger partial charge in [-0.25, -0.2) is 0 Å². The van der Waals surface area contributed by atoms with Gasteiger partial charge in [0, 0.05) is 17.9 Å². The molecule has 0 unspecified atom stereocenters. The Hall–Kier alpha value is -2.89. The maximum absolute atomic E-state index is 12.0. The number of rotatable bonds is 7. The number of halogens is 2. The lowest BCUT2D eigenvalue weighted by Crippen LogP contribution is -2.20. The minimum Gasteiger partial charge on any atom is -0.505 e. The van der Waals surface area contributed by atoms with E-state index in [2.05, 4.69) is 10.6 Å². The van der Waals surface area contributed by atoms with Crippen molar-refractivity contribution in [3.05, 3.63) is 81.8 Å². The fraction of sp³-hybridized carbons (Fsp3) is 0.136. The van der Waals surface area contributed by atoms with Gasteiger partial charge in [-0.15, -0.1) is 0 Å². The van der Waals surface area contributed by atoms with Gasteiger partial charge in [-0.1, -0.05) is 53.0 Å². The van der Waals surface area contributed by atoms with Crippen molar-refractivity contribution in [3.8, 4) is 11.5 Å². The van der Waals surface area contributed by atoms with Crippen molar-refractivity contribution in [2.24, 2.45) is 0 Å². The van der Waals surface area contributed by atoms with E-state index < -0.39 is 0 Å². The quantitative estimate of drug-likeness (QED) is 0.424. The summed E-state index contributed by atoms with van der Waals surface area (Å²) in [5, 5.41) is 15.9. The molecule has 0 aromatic heterocycles. The van der Waals surface area contributed by atoms with Gasteiger partial charge in [-0.3, -0.25) is 4.79 Å². The fourth-order valence-corrected chi connectivity index (χ4v) is 3.05. The van der Waals surface area contributed by atoms with Crippen LogP contribution in [-0.2, 0) is 11.3 Å². The van der Waals surface area contributed by atoms with Gasteiger partial charge in [-0.05, 0) is 48.9 Å². The number of carbonyl (C=O) groups is 1. The van der Waals surface area contributed by atoms with Crippen LogP contribution in [0, 0.1) is 6.92 Å². The zero-order valence-electron chi connectivity index (χ0n) is 15.7. The summed E-state index contributed by atoms with van der Waals surface area (Å²) in [6.45, 7) is 2.45. The molecule has 3 aromatic carbocycles. The minimum absolute atomic E-state index is 0.0734. The van der Waals surface area contributed by atoms with Crippen molar-refractivity contribution >= 4 is 40.5 Å². The zero-order valence-corrected chi connectivity index (χ0v) is 17.2. The fourth-order valence-electron chi connectivity index (χ4n) is 2.56. The molecule has 5 nitrogen and oxygen atoms in total. The number of hydrogen-bond donors (Lipinski definition) is 3. The number of benzene rings is 3. The third-order valence-electron chi connectivity index (χ3n) is 4.14. The summed E-state index contributed by atoms with van der Waals surface area (Å²) in [7, 11) is 0. The van der Waals surface area contributed by atoms with Crippen LogP contribution in [0.3, 0.4) is 0 Å². The van der Waals surface area contributed by atoms with E-state index in [-0.39, 0.29) is 28.3 Å². The van der Waals surface area contributed by atoms with E-state index in [1.807, 2.05) is 43.3 Å². The Morgan fingerprint density at radius 3 is 2.21 bits per heavy atom. The highest BCUT2D eigenvalue weighted by Gasteiger charge is 2.07. The second-order valence-electron chi connectivity index (χ2n) is 6.49. The van der Waals surface area contributed by atoms with Crippen LogP contribution in [0.2, 0.25) is 10.0 Å². The maximum atomic E-state index is 12.0. The zero-order chi connectivity index (χ0) is 20.8. The molecule has 0 saturated carbocycles. The van der Waals surface area contributed by atoms with Crippen LogP contribution in [-0.4, -0.2) is 17.6 Å². The number of phenols is 1. The van der Waals surface area contributed by atoms with Gasteiger partial charge in [0.25, 0.3) is 5.91 Å². The Morgan fingerprint density at radius 1 is 0.966 bits per heavy atom. The molecule has 1 amide bonds. The second-order valence-corrected chi connectivity index (χ2v) is 7.30. The molecule has 3 aromatic rings. The standard InChI is InChI=1S/C22H20Cl2N2O3/c1-14-2-6-16(7-3-14)26-21(27)13-29-18-8-4-15(5-9-18)12-25-17-10-19(23)22(28)20(24)11-17/h2-11,25,28H,12-13H2,1H3,(H,26,27). The van der Waals surface area contributed by atoms with Gasteiger partial charge in [-0.2, -0.15) is 0 Å². The topological polar surface area (TPSA) is 70.6 Å². The molecule has 0 fully saturated rings. The van der Waals surface area contributed by atoms with E-state index in [1.54, 1.807) is 24.3 Å². The van der Waals surface area contributed by atoms with E-state index in [4.69, 9.17) is 27.9 Å². The minimum atomic E-state index is -0.222. The molecule has 29 heavy (non-hydrogen) atoms. The van der Waals surface area contributed by atoms with E-state index in [1.165, 1.54) is 0 Å². The van der Waals surface area contributed by atoms with E-state index in [0.717, 1.165) is 16.8 Å². The van der Waals surface area contributed by atoms with Crippen LogP contribution in [0.1, 0.15) is 11.1 Å². The molecule has 0 radical (unpaired) electrons. The molecule has 3 N–H and O–H groups in total. The number of aromatic hydroxyl groups is 1. The normalized spacial score (nSPS) is 10.4. The van der Waals surface area contributed by atoms with Crippen LogP contribution >= 0.6 is 23.2 Å². The lowest BCUT2D eigenvalue weighted by molar-refractivity contribution is -0.118. The molecule has 0 aliphatic heterocycles. The summed E-state index contributed by atoms with van der Waals surface area (Å²) in [5.74, 6) is 0.246. The summed E-state index contributed by atoms with van der Waals surface area (Å²) in [4.78, 5) is 12.0. The van der Waals surface area contributed by atoms with Crippen molar-refractivity contribution in [1.29, 1.82) is 0 Å². The van der Waals surface area contributed by atoms with Gasteiger partial charge in [0.15, 0.2) is 12.4 Å². The average molecular weight is 431 g/mol. The number of ether oxygens (including phenoxy) is 1. The largest absolute Gasteiger partial charge is 0.505 e. The van der Waals surface area contributed by atoms with Crippen molar-refractivity contribution < 1.29 is 14.6 Å².